The maximum Gasteiger partial charge on any atom is 0.226 e. The van der Waals surface area contributed by atoms with E-state index in [0.717, 1.165) is 16.5 Å². The third-order valence-electron chi connectivity index (χ3n) is 3.95. The number of fused-ring (bicyclic) bond motifs is 1. The number of halogens is 1. The Bertz CT molecular complexity index is 936. The fraction of sp³-hybridized carbons (Fsp3) is 0.150. The number of hydrogen-bond donors (Lipinski definition) is 2. The number of carbonyl (C=O) groups is 2. The third-order valence-corrected chi connectivity index (χ3v) is 4.20. The van der Waals surface area contributed by atoms with Crippen molar-refractivity contribution < 1.29 is 9.59 Å². The Kier molecular flexibility index (Phi) is 5.49. The van der Waals surface area contributed by atoms with Gasteiger partial charge in [-0.2, -0.15) is 0 Å². The summed E-state index contributed by atoms with van der Waals surface area (Å²) in [7, 11) is 0. The molecule has 2 aromatic carbocycles. The normalized spacial score (nSPS) is 11.8. The molecule has 1 atom stereocenters. The zero-order valence-corrected chi connectivity index (χ0v) is 15.0. The number of nitrogens with one attached hydrogen (secondary N) is 2. The van der Waals surface area contributed by atoms with Crippen molar-refractivity contribution >= 4 is 40.0 Å². The van der Waals surface area contributed by atoms with E-state index in [4.69, 9.17) is 11.6 Å². The maximum absolute atomic E-state index is 12.6. The van der Waals surface area contributed by atoms with Gasteiger partial charge in [-0.05, 0) is 29.8 Å². The number of benzene rings is 2. The largest absolute Gasteiger partial charge is 0.349 e. The number of rotatable bonds is 5. The fourth-order valence-electron chi connectivity index (χ4n) is 2.78. The molecule has 0 aliphatic heterocycles. The Morgan fingerprint density at radius 2 is 1.81 bits per heavy atom. The van der Waals surface area contributed by atoms with Gasteiger partial charge in [0, 0.05) is 23.5 Å². The highest BCUT2D eigenvalue weighted by atomic mass is 35.5. The Morgan fingerprint density at radius 1 is 1.08 bits per heavy atom. The van der Waals surface area contributed by atoms with Crippen LogP contribution in [-0.4, -0.2) is 16.8 Å². The smallest absolute Gasteiger partial charge is 0.226 e. The van der Waals surface area contributed by atoms with E-state index in [0.29, 0.717) is 10.7 Å². The molecule has 3 aromatic rings. The Balaban J connectivity index is 1.79. The number of aromatic nitrogens is 1. The first-order chi connectivity index (χ1) is 12.5. The molecule has 0 saturated carbocycles. The van der Waals surface area contributed by atoms with Gasteiger partial charge in [0.2, 0.25) is 11.8 Å². The molecule has 0 radical (unpaired) electrons. The van der Waals surface area contributed by atoms with Crippen LogP contribution >= 0.6 is 11.6 Å². The van der Waals surface area contributed by atoms with Gasteiger partial charge in [-0.1, -0.05) is 41.9 Å². The van der Waals surface area contributed by atoms with Crippen LogP contribution in [0.25, 0.3) is 10.9 Å². The second-order valence-corrected chi connectivity index (χ2v) is 6.37. The predicted molar refractivity (Wildman–Crippen MR) is 103 cm³/mol. The molecular weight excluding hydrogens is 350 g/mol. The number of amides is 2. The lowest BCUT2D eigenvalue weighted by Gasteiger charge is -2.18. The molecule has 0 bridgehead atoms. The lowest BCUT2D eigenvalue weighted by atomic mass is 10.0. The summed E-state index contributed by atoms with van der Waals surface area (Å²) >= 11 is 5.92. The van der Waals surface area contributed by atoms with Gasteiger partial charge < -0.3 is 10.6 Å². The van der Waals surface area contributed by atoms with Crippen molar-refractivity contribution in [3.63, 3.8) is 0 Å². The van der Waals surface area contributed by atoms with Gasteiger partial charge in [0.25, 0.3) is 0 Å². The summed E-state index contributed by atoms with van der Waals surface area (Å²) in [4.78, 5) is 28.4. The fourth-order valence-corrected chi connectivity index (χ4v) is 2.91. The highest BCUT2D eigenvalue weighted by Crippen LogP contribution is 2.23. The van der Waals surface area contributed by atoms with Crippen LogP contribution in [-0.2, 0) is 9.59 Å². The predicted octanol–water partition coefficient (Wildman–Crippen LogP) is 4.09. The first-order valence-corrected chi connectivity index (χ1v) is 8.57. The third kappa shape index (κ3) is 4.37. The van der Waals surface area contributed by atoms with Crippen molar-refractivity contribution in [1.82, 2.24) is 10.3 Å². The molecule has 2 amide bonds. The minimum atomic E-state index is -0.437. The van der Waals surface area contributed by atoms with Gasteiger partial charge in [-0.25, -0.2) is 0 Å². The topological polar surface area (TPSA) is 71.1 Å². The van der Waals surface area contributed by atoms with E-state index < -0.39 is 6.04 Å². The van der Waals surface area contributed by atoms with E-state index in [-0.39, 0.29) is 18.2 Å². The second-order valence-electron chi connectivity index (χ2n) is 5.94. The van der Waals surface area contributed by atoms with E-state index in [1.807, 2.05) is 30.3 Å². The molecule has 26 heavy (non-hydrogen) atoms. The summed E-state index contributed by atoms with van der Waals surface area (Å²) in [6.07, 6.45) is 1.79. The summed E-state index contributed by atoms with van der Waals surface area (Å²) < 4.78 is 0. The molecule has 0 spiro atoms. The van der Waals surface area contributed by atoms with Crippen molar-refractivity contribution in [2.45, 2.75) is 19.4 Å². The van der Waals surface area contributed by atoms with Crippen LogP contribution in [0.1, 0.15) is 24.9 Å². The van der Waals surface area contributed by atoms with Crippen LogP contribution in [0.3, 0.4) is 0 Å². The van der Waals surface area contributed by atoms with Gasteiger partial charge >= 0.3 is 0 Å². The first kappa shape index (κ1) is 17.9. The van der Waals surface area contributed by atoms with Gasteiger partial charge in [0.05, 0.1) is 23.7 Å². The van der Waals surface area contributed by atoms with E-state index in [1.54, 1.807) is 30.5 Å². The van der Waals surface area contributed by atoms with Crippen LogP contribution in [0.15, 0.2) is 60.8 Å². The van der Waals surface area contributed by atoms with Crippen molar-refractivity contribution in [3.05, 3.63) is 71.4 Å². The number of nitrogens with zero attached hydrogens (tertiary/aromatic N) is 1. The Hall–Kier alpha value is -2.92. The van der Waals surface area contributed by atoms with Crippen molar-refractivity contribution in [1.29, 1.82) is 0 Å². The SMILES string of the molecule is CC(=O)NC(CC(=O)Nc1cccc2cccnc12)c1ccc(Cl)cc1. The molecule has 1 aromatic heterocycles. The van der Waals surface area contributed by atoms with Gasteiger partial charge in [-0.15, -0.1) is 0 Å². The number of carbonyl (C=O) groups excluding carboxylic acids is 2. The zero-order chi connectivity index (χ0) is 18.5. The lowest BCUT2D eigenvalue weighted by molar-refractivity contribution is -0.120. The lowest BCUT2D eigenvalue weighted by Crippen LogP contribution is -2.29. The minimum absolute atomic E-state index is 0.102. The van der Waals surface area contributed by atoms with Crippen LogP contribution < -0.4 is 10.6 Å². The summed E-state index contributed by atoms with van der Waals surface area (Å²) in [5.74, 6) is -0.415. The average Bonchev–Trinajstić information content (AvgIpc) is 2.62. The van der Waals surface area contributed by atoms with Gasteiger partial charge in [0.1, 0.15) is 0 Å². The van der Waals surface area contributed by atoms with Gasteiger partial charge in [-0.3, -0.25) is 14.6 Å². The molecular formula is C20H18ClN3O2. The van der Waals surface area contributed by atoms with E-state index in [9.17, 15) is 9.59 Å². The number of para-hydroxylation sites is 1. The highest BCUT2D eigenvalue weighted by Gasteiger charge is 2.18. The molecule has 0 saturated heterocycles. The molecule has 0 aliphatic rings. The number of anilines is 1. The minimum Gasteiger partial charge on any atom is -0.349 e. The number of pyridine rings is 1. The highest BCUT2D eigenvalue weighted by molar-refractivity contribution is 6.30. The van der Waals surface area contributed by atoms with Crippen molar-refractivity contribution in [2.75, 3.05) is 5.32 Å². The van der Waals surface area contributed by atoms with Crippen molar-refractivity contribution in [3.8, 4) is 0 Å². The molecule has 0 fully saturated rings. The Morgan fingerprint density at radius 3 is 2.54 bits per heavy atom. The van der Waals surface area contributed by atoms with Crippen LogP contribution in [0, 0.1) is 0 Å². The monoisotopic (exact) mass is 367 g/mol. The standard InChI is InChI=1S/C20H18ClN3O2/c1-13(25)23-18(14-7-9-16(21)10-8-14)12-19(26)24-17-6-2-4-15-5-3-11-22-20(15)17/h2-11,18H,12H2,1H3,(H,23,25)(H,24,26). The molecule has 2 N–H and O–H groups in total. The average molecular weight is 368 g/mol. The molecule has 1 unspecified atom stereocenters. The summed E-state index contributed by atoms with van der Waals surface area (Å²) in [5.41, 5.74) is 2.19. The molecule has 0 aliphatic carbocycles. The molecule has 5 nitrogen and oxygen atoms in total. The second kappa shape index (κ2) is 7.97. The summed E-state index contributed by atoms with van der Waals surface area (Å²) in [6.45, 7) is 1.43. The quantitative estimate of drug-likeness (QED) is 0.713. The summed E-state index contributed by atoms with van der Waals surface area (Å²) in [5, 5.41) is 7.25. The van der Waals surface area contributed by atoms with Crippen molar-refractivity contribution in [2.24, 2.45) is 0 Å². The molecule has 6 heteroatoms. The van der Waals surface area contributed by atoms with Crippen LogP contribution in [0.4, 0.5) is 5.69 Å². The van der Waals surface area contributed by atoms with E-state index in [1.165, 1.54) is 6.92 Å². The van der Waals surface area contributed by atoms with Gasteiger partial charge in [0.15, 0.2) is 0 Å². The van der Waals surface area contributed by atoms with Crippen LogP contribution in [0.5, 0.6) is 0 Å². The van der Waals surface area contributed by atoms with E-state index in [2.05, 4.69) is 15.6 Å². The summed E-state index contributed by atoms with van der Waals surface area (Å²) in [6, 6.07) is 16.0. The maximum atomic E-state index is 12.6. The zero-order valence-electron chi connectivity index (χ0n) is 14.2. The molecule has 132 valence electrons. The van der Waals surface area contributed by atoms with Crippen LogP contribution in [0.2, 0.25) is 5.02 Å². The van der Waals surface area contributed by atoms with E-state index >= 15 is 0 Å². The number of hydrogen-bond acceptors (Lipinski definition) is 3. The molecule has 1 heterocycles. The molecule has 3 rings (SSSR count). The first-order valence-electron chi connectivity index (χ1n) is 8.19. The Labute approximate surface area is 156 Å².